The highest BCUT2D eigenvalue weighted by molar-refractivity contribution is 5.96. The van der Waals surface area contributed by atoms with Crippen LogP contribution in [0.15, 0.2) is 48.5 Å². The van der Waals surface area contributed by atoms with E-state index >= 15 is 0 Å². The van der Waals surface area contributed by atoms with E-state index < -0.39 is 0 Å². The minimum atomic E-state index is -0.155. The molecule has 0 bridgehead atoms. The minimum Gasteiger partial charge on any atom is -0.497 e. The Kier molecular flexibility index (Phi) is 4.79. The number of rotatable bonds is 6. The molecule has 0 heterocycles. The Morgan fingerprint density at radius 2 is 1.88 bits per heavy atom. The van der Waals surface area contributed by atoms with Crippen LogP contribution < -0.4 is 15.4 Å². The molecule has 0 aliphatic heterocycles. The summed E-state index contributed by atoms with van der Waals surface area (Å²) in [6.07, 6.45) is 1.94. The third-order valence-corrected chi connectivity index (χ3v) is 3.95. The van der Waals surface area contributed by atoms with Crippen LogP contribution in [0.25, 0.3) is 0 Å². The standard InChI is InChI=1S/C19H20N2O3/c1-24-17-4-2-3-13(11-17)12-20-18(22)14-7-9-16(10-8-14)21-19(23)15-5-6-15/h2-4,7-11,15H,5-6,12H2,1H3,(H,20,22)(H,21,23). The molecule has 0 radical (unpaired) electrons. The maximum atomic E-state index is 12.2. The van der Waals surface area contributed by atoms with E-state index in [2.05, 4.69) is 10.6 Å². The molecule has 0 atom stereocenters. The van der Waals surface area contributed by atoms with Gasteiger partial charge in [-0.3, -0.25) is 9.59 Å². The van der Waals surface area contributed by atoms with Crippen LogP contribution in [-0.4, -0.2) is 18.9 Å². The summed E-state index contributed by atoms with van der Waals surface area (Å²) in [4.78, 5) is 23.9. The zero-order valence-corrected chi connectivity index (χ0v) is 13.5. The summed E-state index contributed by atoms with van der Waals surface area (Å²) in [6, 6.07) is 14.5. The van der Waals surface area contributed by atoms with Crippen LogP contribution in [0.1, 0.15) is 28.8 Å². The van der Waals surface area contributed by atoms with Crippen molar-refractivity contribution in [3.63, 3.8) is 0 Å². The molecule has 2 N–H and O–H groups in total. The highest BCUT2D eigenvalue weighted by atomic mass is 16.5. The average molecular weight is 324 g/mol. The maximum Gasteiger partial charge on any atom is 0.251 e. The normalized spacial score (nSPS) is 13.2. The third kappa shape index (κ3) is 4.13. The second-order valence-electron chi connectivity index (χ2n) is 5.88. The molecular formula is C19H20N2O3. The van der Waals surface area contributed by atoms with Gasteiger partial charge in [0.2, 0.25) is 5.91 Å². The Hall–Kier alpha value is -2.82. The number of carbonyl (C=O) groups is 2. The Bertz CT molecular complexity index is 737. The SMILES string of the molecule is COc1cccc(CNC(=O)c2ccc(NC(=O)C3CC3)cc2)c1. The van der Waals surface area contributed by atoms with Crippen molar-refractivity contribution in [1.29, 1.82) is 0 Å². The van der Waals surface area contributed by atoms with Gasteiger partial charge in [0.25, 0.3) is 5.91 Å². The largest absolute Gasteiger partial charge is 0.497 e. The molecule has 2 amide bonds. The Balaban J connectivity index is 1.55. The fraction of sp³-hybridized carbons (Fsp3) is 0.263. The van der Waals surface area contributed by atoms with Gasteiger partial charge >= 0.3 is 0 Å². The van der Waals surface area contributed by atoms with Crippen molar-refractivity contribution in [3.8, 4) is 5.75 Å². The topological polar surface area (TPSA) is 67.4 Å². The summed E-state index contributed by atoms with van der Waals surface area (Å²) in [5.41, 5.74) is 2.24. The zero-order chi connectivity index (χ0) is 16.9. The first-order valence-corrected chi connectivity index (χ1v) is 7.98. The van der Waals surface area contributed by atoms with Gasteiger partial charge in [-0.1, -0.05) is 12.1 Å². The molecule has 124 valence electrons. The molecule has 24 heavy (non-hydrogen) atoms. The molecule has 3 rings (SSSR count). The van der Waals surface area contributed by atoms with Crippen molar-refractivity contribution in [2.45, 2.75) is 19.4 Å². The molecule has 2 aromatic carbocycles. The van der Waals surface area contributed by atoms with Gasteiger partial charge in [-0.25, -0.2) is 0 Å². The molecule has 1 aliphatic carbocycles. The molecule has 0 unspecified atom stereocenters. The predicted octanol–water partition coefficient (Wildman–Crippen LogP) is 2.97. The Labute approximate surface area is 141 Å². The number of hydrogen-bond donors (Lipinski definition) is 2. The Morgan fingerprint density at radius 3 is 2.54 bits per heavy atom. The number of anilines is 1. The van der Waals surface area contributed by atoms with Crippen molar-refractivity contribution in [3.05, 3.63) is 59.7 Å². The first kappa shape index (κ1) is 16.1. The Morgan fingerprint density at radius 1 is 1.12 bits per heavy atom. The fourth-order valence-electron chi connectivity index (χ4n) is 2.36. The van der Waals surface area contributed by atoms with Crippen LogP contribution in [0.4, 0.5) is 5.69 Å². The third-order valence-electron chi connectivity index (χ3n) is 3.95. The lowest BCUT2D eigenvalue weighted by molar-refractivity contribution is -0.117. The van der Waals surface area contributed by atoms with Crippen LogP contribution in [0.5, 0.6) is 5.75 Å². The second-order valence-corrected chi connectivity index (χ2v) is 5.88. The molecule has 0 aromatic heterocycles. The van der Waals surface area contributed by atoms with Crippen LogP contribution in [0.2, 0.25) is 0 Å². The van der Waals surface area contributed by atoms with E-state index in [-0.39, 0.29) is 17.7 Å². The second kappa shape index (κ2) is 7.17. The van der Waals surface area contributed by atoms with Crippen molar-refractivity contribution >= 4 is 17.5 Å². The highest BCUT2D eigenvalue weighted by Crippen LogP contribution is 2.30. The molecule has 1 saturated carbocycles. The molecule has 2 aromatic rings. The van der Waals surface area contributed by atoms with Gasteiger partial charge in [-0.2, -0.15) is 0 Å². The van der Waals surface area contributed by atoms with Gasteiger partial charge in [-0.05, 0) is 54.8 Å². The molecule has 5 nitrogen and oxygen atoms in total. The summed E-state index contributed by atoms with van der Waals surface area (Å²) in [5.74, 6) is 0.830. The lowest BCUT2D eigenvalue weighted by atomic mass is 10.1. The highest BCUT2D eigenvalue weighted by Gasteiger charge is 2.29. The maximum absolute atomic E-state index is 12.2. The van der Waals surface area contributed by atoms with Crippen molar-refractivity contribution < 1.29 is 14.3 Å². The van der Waals surface area contributed by atoms with E-state index in [0.29, 0.717) is 12.1 Å². The van der Waals surface area contributed by atoms with Crippen LogP contribution in [0.3, 0.4) is 0 Å². The van der Waals surface area contributed by atoms with Gasteiger partial charge in [0.1, 0.15) is 5.75 Å². The summed E-state index contributed by atoms with van der Waals surface area (Å²) in [5, 5.41) is 5.73. The van der Waals surface area contributed by atoms with Crippen molar-refractivity contribution in [2.24, 2.45) is 5.92 Å². The number of carbonyl (C=O) groups excluding carboxylic acids is 2. The van der Waals surface area contributed by atoms with Gasteiger partial charge in [0, 0.05) is 23.7 Å². The lowest BCUT2D eigenvalue weighted by Gasteiger charge is -2.08. The summed E-state index contributed by atoms with van der Waals surface area (Å²) >= 11 is 0. The number of benzene rings is 2. The van der Waals surface area contributed by atoms with Gasteiger partial charge in [0.15, 0.2) is 0 Å². The molecule has 1 aliphatic rings. The molecule has 1 fully saturated rings. The van der Waals surface area contributed by atoms with Crippen LogP contribution >= 0.6 is 0 Å². The van der Waals surface area contributed by atoms with Gasteiger partial charge in [0.05, 0.1) is 7.11 Å². The monoisotopic (exact) mass is 324 g/mol. The fourth-order valence-corrected chi connectivity index (χ4v) is 2.36. The first-order chi connectivity index (χ1) is 11.7. The average Bonchev–Trinajstić information content (AvgIpc) is 3.45. The smallest absolute Gasteiger partial charge is 0.251 e. The van der Waals surface area contributed by atoms with Crippen LogP contribution in [0, 0.1) is 5.92 Å². The molecular weight excluding hydrogens is 304 g/mol. The van der Waals surface area contributed by atoms with E-state index in [1.54, 1.807) is 31.4 Å². The number of methoxy groups -OCH3 is 1. The van der Waals surface area contributed by atoms with Crippen molar-refractivity contribution in [1.82, 2.24) is 5.32 Å². The number of amides is 2. The predicted molar refractivity (Wildman–Crippen MR) is 92.0 cm³/mol. The molecule has 0 spiro atoms. The molecule has 0 saturated heterocycles. The lowest BCUT2D eigenvalue weighted by Crippen LogP contribution is -2.22. The van der Waals surface area contributed by atoms with Crippen LogP contribution in [-0.2, 0) is 11.3 Å². The summed E-state index contributed by atoms with van der Waals surface area (Å²) < 4.78 is 5.17. The number of hydrogen-bond acceptors (Lipinski definition) is 3. The van der Waals surface area contributed by atoms with Gasteiger partial charge < -0.3 is 15.4 Å². The van der Waals surface area contributed by atoms with E-state index in [1.165, 1.54) is 0 Å². The van der Waals surface area contributed by atoms with Crippen molar-refractivity contribution in [2.75, 3.05) is 12.4 Å². The summed E-state index contributed by atoms with van der Waals surface area (Å²) in [7, 11) is 1.61. The van der Waals surface area contributed by atoms with E-state index in [4.69, 9.17) is 4.74 Å². The van der Waals surface area contributed by atoms with E-state index in [9.17, 15) is 9.59 Å². The first-order valence-electron chi connectivity index (χ1n) is 7.98. The summed E-state index contributed by atoms with van der Waals surface area (Å²) in [6.45, 7) is 0.427. The van der Waals surface area contributed by atoms with Gasteiger partial charge in [-0.15, -0.1) is 0 Å². The van der Waals surface area contributed by atoms with E-state index in [1.807, 2.05) is 24.3 Å². The number of ether oxygens (including phenoxy) is 1. The molecule has 5 heteroatoms. The quantitative estimate of drug-likeness (QED) is 0.858. The minimum absolute atomic E-state index is 0.0604. The number of nitrogens with one attached hydrogen (secondary N) is 2. The van der Waals surface area contributed by atoms with E-state index in [0.717, 1.165) is 29.8 Å². The zero-order valence-electron chi connectivity index (χ0n) is 13.5.